The zero-order chi connectivity index (χ0) is 18.2. The second-order valence-electron chi connectivity index (χ2n) is 6.82. The Bertz CT molecular complexity index is 1150. The van der Waals surface area contributed by atoms with E-state index in [0.717, 1.165) is 36.6 Å². The van der Waals surface area contributed by atoms with Gasteiger partial charge in [0.1, 0.15) is 18.1 Å². The number of para-hydroxylation sites is 2. The monoisotopic (exact) mass is 365 g/mol. The van der Waals surface area contributed by atoms with Gasteiger partial charge in [0.15, 0.2) is 11.4 Å². The number of benzene rings is 1. The Morgan fingerprint density at radius 3 is 2.93 bits per heavy atom. The van der Waals surface area contributed by atoms with E-state index < -0.39 is 5.76 Å². The van der Waals surface area contributed by atoms with Crippen molar-refractivity contribution < 1.29 is 4.42 Å². The summed E-state index contributed by atoms with van der Waals surface area (Å²) in [5, 5.41) is 17.0. The van der Waals surface area contributed by atoms with Crippen LogP contribution in [0, 0.1) is 0 Å². The Balaban J connectivity index is 1.38. The molecule has 0 aliphatic carbocycles. The third-order valence-corrected chi connectivity index (χ3v) is 4.97. The summed E-state index contributed by atoms with van der Waals surface area (Å²) in [5.41, 5.74) is 2.01. The number of hydrogen-bond acceptors (Lipinski definition) is 6. The van der Waals surface area contributed by atoms with Crippen LogP contribution in [0.2, 0.25) is 0 Å². The highest BCUT2D eigenvalue weighted by atomic mass is 16.4. The SMILES string of the molecule is O=c1oc2ccccc2n1Cc1cn(Cc2nnc3n2CCCCC3)nn1. The molecule has 9 nitrogen and oxygen atoms in total. The minimum atomic E-state index is -0.395. The van der Waals surface area contributed by atoms with Gasteiger partial charge in [-0.05, 0) is 25.0 Å². The van der Waals surface area contributed by atoms with Gasteiger partial charge in [0, 0.05) is 13.0 Å². The lowest BCUT2D eigenvalue weighted by Gasteiger charge is -2.06. The van der Waals surface area contributed by atoms with Gasteiger partial charge >= 0.3 is 5.76 Å². The minimum Gasteiger partial charge on any atom is -0.408 e. The Labute approximate surface area is 154 Å². The van der Waals surface area contributed by atoms with Crippen LogP contribution in [-0.4, -0.2) is 34.3 Å². The molecule has 138 valence electrons. The largest absolute Gasteiger partial charge is 0.420 e. The number of aryl methyl sites for hydroxylation is 1. The molecule has 0 atom stereocenters. The molecule has 4 aromatic rings. The summed E-state index contributed by atoms with van der Waals surface area (Å²) in [4.78, 5) is 12.1. The molecule has 0 N–H and O–H groups in total. The van der Waals surface area contributed by atoms with Crippen LogP contribution in [0.3, 0.4) is 0 Å². The van der Waals surface area contributed by atoms with Gasteiger partial charge < -0.3 is 8.98 Å². The smallest absolute Gasteiger partial charge is 0.408 e. The van der Waals surface area contributed by atoms with Crippen LogP contribution in [0.25, 0.3) is 11.1 Å². The van der Waals surface area contributed by atoms with E-state index in [2.05, 4.69) is 25.1 Å². The van der Waals surface area contributed by atoms with Crippen LogP contribution in [0.4, 0.5) is 0 Å². The normalized spacial score (nSPS) is 14.4. The van der Waals surface area contributed by atoms with Crippen LogP contribution >= 0.6 is 0 Å². The maximum atomic E-state index is 12.1. The molecule has 27 heavy (non-hydrogen) atoms. The topological polar surface area (TPSA) is 96.6 Å². The average Bonchev–Trinajstić information content (AvgIpc) is 3.30. The van der Waals surface area contributed by atoms with Gasteiger partial charge in [0.05, 0.1) is 18.3 Å². The highest BCUT2D eigenvalue weighted by molar-refractivity contribution is 5.72. The first-order valence-corrected chi connectivity index (χ1v) is 9.16. The number of hydrogen-bond donors (Lipinski definition) is 0. The molecule has 1 aromatic carbocycles. The first kappa shape index (κ1) is 16.0. The van der Waals surface area contributed by atoms with Crippen molar-refractivity contribution in [2.75, 3.05) is 0 Å². The van der Waals surface area contributed by atoms with Crippen molar-refractivity contribution in [1.29, 1.82) is 0 Å². The summed E-state index contributed by atoms with van der Waals surface area (Å²) in [5.74, 6) is 1.56. The first-order chi connectivity index (χ1) is 13.3. The van der Waals surface area contributed by atoms with E-state index in [1.165, 1.54) is 12.8 Å². The van der Waals surface area contributed by atoms with Crippen molar-refractivity contribution >= 4 is 11.1 Å². The average molecular weight is 365 g/mol. The Kier molecular flexibility index (Phi) is 3.84. The molecule has 3 aromatic heterocycles. The molecule has 0 unspecified atom stereocenters. The van der Waals surface area contributed by atoms with E-state index in [9.17, 15) is 4.79 Å². The highest BCUT2D eigenvalue weighted by Crippen LogP contribution is 2.16. The Morgan fingerprint density at radius 1 is 1.04 bits per heavy atom. The number of aromatic nitrogens is 7. The molecular formula is C18H19N7O2. The van der Waals surface area contributed by atoms with E-state index in [1.54, 1.807) is 15.3 Å². The molecular weight excluding hydrogens is 346 g/mol. The molecule has 0 spiro atoms. The fraction of sp³-hybridized carbons (Fsp3) is 0.389. The van der Waals surface area contributed by atoms with Crippen LogP contribution in [-0.2, 0) is 26.1 Å². The molecule has 0 amide bonds. The van der Waals surface area contributed by atoms with Crippen LogP contribution in [0.5, 0.6) is 0 Å². The van der Waals surface area contributed by atoms with Crippen LogP contribution in [0.15, 0.2) is 39.7 Å². The molecule has 0 fully saturated rings. The van der Waals surface area contributed by atoms with Gasteiger partial charge in [0.2, 0.25) is 0 Å². The Morgan fingerprint density at radius 2 is 1.96 bits per heavy atom. The van der Waals surface area contributed by atoms with Crippen LogP contribution in [0.1, 0.15) is 36.6 Å². The van der Waals surface area contributed by atoms with Gasteiger partial charge in [-0.15, -0.1) is 15.3 Å². The maximum Gasteiger partial charge on any atom is 0.420 e. The van der Waals surface area contributed by atoms with Gasteiger partial charge in [-0.1, -0.05) is 23.8 Å². The molecule has 4 heterocycles. The Hall–Kier alpha value is -3.23. The summed E-state index contributed by atoms with van der Waals surface area (Å²) in [6.45, 7) is 1.78. The van der Waals surface area contributed by atoms with E-state index in [1.807, 2.05) is 24.4 Å². The van der Waals surface area contributed by atoms with Gasteiger partial charge in [-0.2, -0.15) is 0 Å². The molecule has 1 aliphatic rings. The molecule has 0 radical (unpaired) electrons. The number of nitrogens with zero attached hydrogens (tertiary/aromatic N) is 7. The van der Waals surface area contributed by atoms with Crippen molar-refractivity contribution in [2.24, 2.45) is 0 Å². The fourth-order valence-corrected chi connectivity index (χ4v) is 3.62. The van der Waals surface area contributed by atoms with Gasteiger partial charge in [-0.25, -0.2) is 9.48 Å². The molecule has 0 saturated carbocycles. The fourth-order valence-electron chi connectivity index (χ4n) is 3.62. The number of oxazole rings is 1. The van der Waals surface area contributed by atoms with E-state index in [4.69, 9.17) is 4.42 Å². The van der Waals surface area contributed by atoms with Crippen LogP contribution < -0.4 is 5.76 Å². The van der Waals surface area contributed by atoms with Gasteiger partial charge in [-0.3, -0.25) is 4.57 Å². The zero-order valence-electron chi connectivity index (χ0n) is 14.8. The van der Waals surface area contributed by atoms with Gasteiger partial charge in [0.25, 0.3) is 0 Å². The quantitative estimate of drug-likeness (QED) is 0.545. The second-order valence-corrected chi connectivity index (χ2v) is 6.82. The standard InChI is InChI=1S/C18H19N7O2/c26-18-25(14-6-3-4-7-15(14)27-18)11-13-10-23(22-19-13)12-17-21-20-16-8-2-1-5-9-24(16)17/h3-4,6-7,10H,1-2,5,8-9,11-12H2. The lowest BCUT2D eigenvalue weighted by Crippen LogP contribution is -2.15. The van der Waals surface area contributed by atoms with E-state index >= 15 is 0 Å². The zero-order valence-corrected chi connectivity index (χ0v) is 14.8. The summed E-state index contributed by atoms with van der Waals surface area (Å²) in [7, 11) is 0. The summed E-state index contributed by atoms with van der Waals surface area (Å²) in [6.07, 6.45) is 6.36. The lowest BCUT2D eigenvalue weighted by molar-refractivity contribution is 0.516. The third-order valence-electron chi connectivity index (χ3n) is 4.97. The molecule has 5 rings (SSSR count). The first-order valence-electron chi connectivity index (χ1n) is 9.16. The minimum absolute atomic E-state index is 0.313. The number of rotatable bonds is 4. The lowest BCUT2D eigenvalue weighted by atomic mass is 10.2. The van der Waals surface area contributed by atoms with E-state index in [-0.39, 0.29) is 0 Å². The van der Waals surface area contributed by atoms with Crippen molar-refractivity contribution in [3.63, 3.8) is 0 Å². The molecule has 0 bridgehead atoms. The second kappa shape index (κ2) is 6.49. The highest BCUT2D eigenvalue weighted by Gasteiger charge is 2.16. The summed E-state index contributed by atoms with van der Waals surface area (Å²) >= 11 is 0. The summed E-state index contributed by atoms with van der Waals surface area (Å²) in [6, 6.07) is 7.35. The van der Waals surface area contributed by atoms with Crippen molar-refractivity contribution in [2.45, 2.75) is 45.3 Å². The molecule has 9 heteroatoms. The summed E-state index contributed by atoms with van der Waals surface area (Å²) < 4.78 is 10.8. The van der Waals surface area contributed by atoms with E-state index in [0.29, 0.717) is 24.4 Å². The predicted octanol–water partition coefficient (Wildman–Crippen LogP) is 1.60. The maximum absolute atomic E-state index is 12.1. The third kappa shape index (κ3) is 2.94. The predicted molar refractivity (Wildman–Crippen MR) is 96.3 cm³/mol. The van der Waals surface area contributed by atoms with Crippen molar-refractivity contribution in [3.05, 3.63) is 58.4 Å². The molecule has 0 saturated heterocycles. The molecule has 1 aliphatic heterocycles. The van der Waals surface area contributed by atoms with Crippen molar-refractivity contribution in [1.82, 2.24) is 34.3 Å². The van der Waals surface area contributed by atoms with Crippen molar-refractivity contribution in [3.8, 4) is 0 Å². The number of fused-ring (bicyclic) bond motifs is 2.